The topological polar surface area (TPSA) is 106 Å². The molecule has 160 valence electrons. The van der Waals surface area contributed by atoms with Crippen molar-refractivity contribution in [2.45, 2.75) is 45.1 Å². The van der Waals surface area contributed by atoms with Crippen LogP contribution < -0.4 is 16.2 Å². The van der Waals surface area contributed by atoms with Crippen LogP contribution in [0.2, 0.25) is 0 Å². The van der Waals surface area contributed by atoms with Crippen molar-refractivity contribution in [2.75, 3.05) is 11.9 Å². The first-order valence-electron chi connectivity index (χ1n) is 10.6. The summed E-state index contributed by atoms with van der Waals surface area (Å²) in [4.78, 5) is 46.1. The second-order valence-electron chi connectivity index (χ2n) is 7.68. The highest BCUT2D eigenvalue weighted by molar-refractivity contribution is 5.98. The minimum absolute atomic E-state index is 0.0408. The third kappa shape index (κ3) is 4.96. The maximum Gasteiger partial charge on any atom is 0.261 e. The van der Waals surface area contributed by atoms with Crippen molar-refractivity contribution < 1.29 is 9.59 Å². The lowest BCUT2D eigenvalue weighted by molar-refractivity contribution is -0.116. The van der Waals surface area contributed by atoms with Crippen LogP contribution in [0.4, 0.5) is 5.69 Å². The summed E-state index contributed by atoms with van der Waals surface area (Å²) in [6.07, 6.45) is 8.36. The first-order valence-corrected chi connectivity index (χ1v) is 10.6. The van der Waals surface area contributed by atoms with E-state index in [-0.39, 0.29) is 30.3 Å². The van der Waals surface area contributed by atoms with Gasteiger partial charge in [-0.05, 0) is 43.2 Å². The maximum absolute atomic E-state index is 12.9. The van der Waals surface area contributed by atoms with E-state index in [2.05, 4.69) is 20.6 Å². The Labute approximate surface area is 179 Å². The highest BCUT2D eigenvalue weighted by Crippen LogP contribution is 2.16. The van der Waals surface area contributed by atoms with Gasteiger partial charge in [-0.25, -0.2) is 4.98 Å². The number of carbonyl (C=O) groups excluding carboxylic acids is 2. The first-order chi connectivity index (χ1) is 15.1. The van der Waals surface area contributed by atoms with E-state index in [1.165, 1.54) is 0 Å². The van der Waals surface area contributed by atoms with Crippen molar-refractivity contribution in [2.24, 2.45) is 0 Å². The van der Waals surface area contributed by atoms with Gasteiger partial charge >= 0.3 is 0 Å². The molecule has 8 heteroatoms. The number of pyridine rings is 1. The number of amides is 2. The van der Waals surface area contributed by atoms with Gasteiger partial charge in [-0.1, -0.05) is 12.8 Å². The van der Waals surface area contributed by atoms with E-state index in [0.717, 1.165) is 37.9 Å². The Balaban J connectivity index is 1.43. The SMILES string of the molecule is O=C(CCNC(=O)c1ccc2c(=O)n3c(nc2c1)CCCCCC3)Nc1cccnc1. The molecule has 2 amide bonds. The van der Waals surface area contributed by atoms with E-state index in [4.69, 9.17) is 0 Å². The van der Waals surface area contributed by atoms with E-state index < -0.39 is 0 Å². The number of aromatic nitrogens is 3. The molecular formula is C23H25N5O3. The van der Waals surface area contributed by atoms with Crippen LogP contribution in [0.5, 0.6) is 0 Å². The molecule has 2 N–H and O–H groups in total. The van der Waals surface area contributed by atoms with Crippen LogP contribution in [-0.4, -0.2) is 32.9 Å². The number of benzene rings is 1. The normalized spacial score (nSPS) is 13.7. The molecule has 0 bridgehead atoms. The Kier molecular flexibility index (Phi) is 6.35. The van der Waals surface area contributed by atoms with Gasteiger partial charge in [0.1, 0.15) is 5.82 Å². The third-order valence-corrected chi connectivity index (χ3v) is 5.41. The Morgan fingerprint density at radius 2 is 1.97 bits per heavy atom. The second kappa shape index (κ2) is 9.51. The summed E-state index contributed by atoms with van der Waals surface area (Å²) in [5.41, 5.74) is 1.53. The lowest BCUT2D eigenvalue weighted by atomic mass is 10.1. The van der Waals surface area contributed by atoms with Gasteiger partial charge in [-0.3, -0.25) is 23.9 Å². The predicted molar refractivity (Wildman–Crippen MR) is 118 cm³/mol. The summed E-state index contributed by atoms with van der Waals surface area (Å²) in [5, 5.41) is 6.00. The molecule has 0 radical (unpaired) electrons. The lowest BCUT2D eigenvalue weighted by Crippen LogP contribution is -2.28. The number of anilines is 1. The third-order valence-electron chi connectivity index (χ3n) is 5.41. The molecule has 0 spiro atoms. The average molecular weight is 419 g/mol. The molecule has 3 aromatic rings. The van der Waals surface area contributed by atoms with Gasteiger partial charge in [0.05, 0.1) is 22.8 Å². The quantitative estimate of drug-likeness (QED) is 0.661. The highest BCUT2D eigenvalue weighted by atomic mass is 16.2. The molecule has 1 aliphatic heterocycles. The van der Waals surface area contributed by atoms with E-state index >= 15 is 0 Å². The summed E-state index contributed by atoms with van der Waals surface area (Å²) in [6, 6.07) is 8.43. The fourth-order valence-corrected chi connectivity index (χ4v) is 3.79. The molecule has 31 heavy (non-hydrogen) atoms. The van der Waals surface area contributed by atoms with Gasteiger partial charge in [0, 0.05) is 37.7 Å². The number of nitrogens with one attached hydrogen (secondary N) is 2. The highest BCUT2D eigenvalue weighted by Gasteiger charge is 2.15. The van der Waals surface area contributed by atoms with Crippen LogP contribution in [0.25, 0.3) is 10.9 Å². The number of aryl methyl sites for hydroxylation is 1. The zero-order valence-corrected chi connectivity index (χ0v) is 17.3. The molecule has 0 fully saturated rings. The number of carbonyl (C=O) groups is 2. The molecular weight excluding hydrogens is 394 g/mol. The molecule has 0 aliphatic carbocycles. The average Bonchev–Trinajstić information content (AvgIpc) is 2.75. The molecule has 0 saturated heterocycles. The fraction of sp³-hybridized carbons (Fsp3) is 0.348. The van der Waals surface area contributed by atoms with Crippen LogP contribution in [0.15, 0.2) is 47.5 Å². The Morgan fingerprint density at radius 3 is 2.81 bits per heavy atom. The largest absolute Gasteiger partial charge is 0.352 e. The number of hydrogen-bond acceptors (Lipinski definition) is 5. The fourth-order valence-electron chi connectivity index (χ4n) is 3.79. The van der Waals surface area contributed by atoms with Gasteiger partial charge in [-0.2, -0.15) is 0 Å². The van der Waals surface area contributed by atoms with Crippen molar-refractivity contribution in [3.05, 3.63) is 64.5 Å². The molecule has 4 rings (SSSR count). The van der Waals surface area contributed by atoms with Crippen LogP contribution in [0.3, 0.4) is 0 Å². The molecule has 0 saturated carbocycles. The molecule has 8 nitrogen and oxygen atoms in total. The molecule has 3 heterocycles. The minimum atomic E-state index is -0.301. The van der Waals surface area contributed by atoms with Gasteiger partial charge in [-0.15, -0.1) is 0 Å². The van der Waals surface area contributed by atoms with Gasteiger partial charge < -0.3 is 10.6 Å². The van der Waals surface area contributed by atoms with Crippen LogP contribution >= 0.6 is 0 Å². The van der Waals surface area contributed by atoms with E-state index in [1.54, 1.807) is 47.3 Å². The van der Waals surface area contributed by atoms with Crippen LogP contribution in [0.1, 0.15) is 48.3 Å². The van der Waals surface area contributed by atoms with Crippen molar-refractivity contribution in [1.82, 2.24) is 19.9 Å². The Hall–Kier alpha value is -3.55. The number of fused-ring (bicyclic) bond motifs is 2. The summed E-state index contributed by atoms with van der Waals surface area (Å²) < 4.78 is 1.78. The molecule has 0 atom stereocenters. The van der Waals surface area contributed by atoms with Gasteiger partial charge in [0.15, 0.2) is 0 Å². The van der Waals surface area contributed by atoms with Crippen molar-refractivity contribution >= 4 is 28.4 Å². The summed E-state index contributed by atoms with van der Waals surface area (Å²) >= 11 is 0. The summed E-state index contributed by atoms with van der Waals surface area (Å²) in [5.74, 6) is 0.284. The molecule has 1 aliphatic rings. The molecule has 2 aromatic heterocycles. The van der Waals surface area contributed by atoms with E-state index in [9.17, 15) is 14.4 Å². The monoisotopic (exact) mass is 419 g/mol. The van der Waals surface area contributed by atoms with Crippen molar-refractivity contribution in [1.29, 1.82) is 0 Å². The predicted octanol–water partition coefficient (Wildman–Crippen LogP) is 2.67. The van der Waals surface area contributed by atoms with Gasteiger partial charge in [0.25, 0.3) is 11.5 Å². The zero-order chi connectivity index (χ0) is 21.6. The zero-order valence-electron chi connectivity index (χ0n) is 17.3. The van der Waals surface area contributed by atoms with Crippen molar-refractivity contribution in [3.63, 3.8) is 0 Å². The first kappa shape index (κ1) is 20.7. The standard InChI is InChI=1S/C23H25N5O3/c29-21(26-17-6-5-11-24-15-17)10-12-25-22(30)16-8-9-18-19(14-16)27-20-7-3-1-2-4-13-28(20)23(18)31/h5-6,8-9,11,14-15H,1-4,7,10,12-13H2,(H,25,30)(H,26,29). The molecule has 1 aromatic carbocycles. The van der Waals surface area contributed by atoms with E-state index in [0.29, 0.717) is 28.7 Å². The Morgan fingerprint density at radius 1 is 1.10 bits per heavy atom. The lowest BCUT2D eigenvalue weighted by Gasteiger charge is -2.16. The molecule has 0 unspecified atom stereocenters. The minimum Gasteiger partial charge on any atom is -0.352 e. The summed E-state index contributed by atoms with van der Waals surface area (Å²) in [7, 11) is 0. The number of hydrogen-bond donors (Lipinski definition) is 2. The van der Waals surface area contributed by atoms with Crippen LogP contribution in [-0.2, 0) is 17.8 Å². The Bertz CT molecular complexity index is 1160. The maximum atomic E-state index is 12.9. The summed E-state index contributed by atoms with van der Waals surface area (Å²) in [6.45, 7) is 0.893. The smallest absolute Gasteiger partial charge is 0.261 e. The number of rotatable bonds is 5. The van der Waals surface area contributed by atoms with E-state index in [1.807, 2.05) is 0 Å². The second-order valence-corrected chi connectivity index (χ2v) is 7.68. The van der Waals surface area contributed by atoms with Gasteiger partial charge in [0.2, 0.25) is 5.91 Å². The number of nitrogens with zero attached hydrogens (tertiary/aromatic N) is 3. The van der Waals surface area contributed by atoms with Crippen molar-refractivity contribution in [3.8, 4) is 0 Å². The van der Waals surface area contributed by atoms with Crippen LogP contribution in [0, 0.1) is 0 Å².